The lowest BCUT2D eigenvalue weighted by Crippen LogP contribution is -2.26. The van der Waals surface area contributed by atoms with Gasteiger partial charge in [-0.25, -0.2) is 4.98 Å². The van der Waals surface area contributed by atoms with Gasteiger partial charge < -0.3 is 9.64 Å². The Kier molecular flexibility index (Phi) is 5.41. The summed E-state index contributed by atoms with van der Waals surface area (Å²) in [7, 11) is 3.14. The average molecular weight is 442 g/mol. The maximum atomic E-state index is 12.9. The van der Waals surface area contributed by atoms with Gasteiger partial charge in [-0.1, -0.05) is 6.07 Å². The number of thiazole rings is 1. The van der Waals surface area contributed by atoms with E-state index in [1.54, 1.807) is 19.2 Å². The van der Waals surface area contributed by atoms with E-state index in [4.69, 9.17) is 4.74 Å². The minimum absolute atomic E-state index is 0.0264. The molecule has 4 aromatic rings. The molecular formula is C23H17F3N2O2S. The molecule has 0 spiro atoms. The largest absolute Gasteiger partial charge is 0.497 e. The van der Waals surface area contributed by atoms with E-state index < -0.39 is 17.6 Å². The van der Waals surface area contributed by atoms with E-state index in [1.165, 1.54) is 35.4 Å². The van der Waals surface area contributed by atoms with E-state index in [1.807, 2.05) is 30.3 Å². The molecule has 1 amide bonds. The van der Waals surface area contributed by atoms with E-state index >= 15 is 0 Å². The van der Waals surface area contributed by atoms with E-state index in [0.717, 1.165) is 38.7 Å². The van der Waals surface area contributed by atoms with Gasteiger partial charge in [-0.05, 0) is 60.7 Å². The lowest BCUT2D eigenvalue weighted by atomic mass is 10.1. The number of carbonyl (C=O) groups excluding carboxylic acids is 1. The maximum Gasteiger partial charge on any atom is 0.416 e. The summed E-state index contributed by atoms with van der Waals surface area (Å²) in [5, 5.41) is 0.821. The average Bonchev–Trinajstić information content (AvgIpc) is 3.21. The van der Waals surface area contributed by atoms with E-state index in [-0.39, 0.29) is 5.56 Å². The van der Waals surface area contributed by atoms with Crippen LogP contribution in [0.5, 0.6) is 5.75 Å². The molecule has 0 bridgehead atoms. The summed E-state index contributed by atoms with van der Waals surface area (Å²) in [4.78, 5) is 18.6. The minimum Gasteiger partial charge on any atom is -0.497 e. The van der Waals surface area contributed by atoms with Crippen LogP contribution in [0.25, 0.3) is 20.8 Å². The first-order valence-corrected chi connectivity index (χ1v) is 10.1. The molecule has 0 radical (unpaired) electrons. The fraction of sp³-hybridized carbons (Fsp3) is 0.130. The van der Waals surface area contributed by atoms with Crippen LogP contribution in [0, 0.1) is 0 Å². The van der Waals surface area contributed by atoms with Crippen LogP contribution in [0.15, 0.2) is 66.7 Å². The number of methoxy groups -OCH3 is 1. The van der Waals surface area contributed by atoms with Crippen molar-refractivity contribution in [1.29, 1.82) is 0 Å². The Balaban J connectivity index is 1.57. The number of hydrogen-bond donors (Lipinski definition) is 0. The zero-order valence-corrected chi connectivity index (χ0v) is 17.4. The van der Waals surface area contributed by atoms with Crippen molar-refractivity contribution in [2.24, 2.45) is 0 Å². The van der Waals surface area contributed by atoms with Crippen molar-refractivity contribution in [3.8, 4) is 16.3 Å². The molecule has 1 aromatic heterocycles. The lowest BCUT2D eigenvalue weighted by Gasteiger charge is -2.18. The third kappa shape index (κ3) is 4.25. The number of nitrogens with zero attached hydrogens (tertiary/aromatic N) is 2. The number of alkyl halides is 3. The number of aromatic nitrogens is 1. The first kappa shape index (κ1) is 20.9. The van der Waals surface area contributed by atoms with Crippen molar-refractivity contribution < 1.29 is 22.7 Å². The van der Waals surface area contributed by atoms with Gasteiger partial charge in [0.15, 0.2) is 0 Å². The van der Waals surface area contributed by atoms with Gasteiger partial charge in [-0.15, -0.1) is 11.3 Å². The molecule has 4 rings (SSSR count). The van der Waals surface area contributed by atoms with Crippen molar-refractivity contribution in [1.82, 2.24) is 4.98 Å². The number of benzene rings is 3. The second-order valence-electron chi connectivity index (χ2n) is 6.84. The fourth-order valence-corrected chi connectivity index (χ4v) is 4.12. The molecule has 3 aromatic carbocycles. The Morgan fingerprint density at radius 1 is 1.03 bits per heavy atom. The molecule has 0 saturated heterocycles. The van der Waals surface area contributed by atoms with Crippen LogP contribution in [0.1, 0.15) is 15.9 Å². The van der Waals surface area contributed by atoms with Crippen molar-refractivity contribution in [3.63, 3.8) is 0 Å². The summed E-state index contributed by atoms with van der Waals surface area (Å²) in [6.07, 6.45) is -4.50. The highest BCUT2D eigenvalue weighted by Crippen LogP contribution is 2.33. The summed E-state index contributed by atoms with van der Waals surface area (Å²) in [6.45, 7) is 0. The molecule has 0 fully saturated rings. The number of fused-ring (bicyclic) bond motifs is 1. The van der Waals surface area contributed by atoms with Gasteiger partial charge in [0.2, 0.25) is 0 Å². The van der Waals surface area contributed by atoms with Crippen molar-refractivity contribution in [3.05, 3.63) is 77.9 Å². The van der Waals surface area contributed by atoms with Gasteiger partial charge >= 0.3 is 6.18 Å². The SMILES string of the molecule is COc1ccc2nc(-c3ccc(N(C)C(=O)c4cccc(C(F)(F)F)c4)cc3)sc2c1. The maximum absolute atomic E-state index is 12.9. The predicted molar refractivity (Wildman–Crippen MR) is 116 cm³/mol. The first-order valence-electron chi connectivity index (χ1n) is 9.26. The second kappa shape index (κ2) is 8.03. The van der Waals surface area contributed by atoms with Gasteiger partial charge in [0.25, 0.3) is 5.91 Å². The smallest absolute Gasteiger partial charge is 0.416 e. The number of anilines is 1. The molecule has 8 heteroatoms. The highest BCUT2D eigenvalue weighted by atomic mass is 32.1. The molecule has 31 heavy (non-hydrogen) atoms. The normalized spacial score (nSPS) is 11.5. The Hall–Kier alpha value is -3.39. The number of carbonyl (C=O) groups is 1. The zero-order valence-electron chi connectivity index (χ0n) is 16.6. The molecule has 1 heterocycles. The van der Waals surface area contributed by atoms with Crippen molar-refractivity contribution in [2.75, 3.05) is 19.1 Å². The zero-order chi connectivity index (χ0) is 22.2. The third-order valence-electron chi connectivity index (χ3n) is 4.84. The van der Waals surface area contributed by atoms with Gasteiger partial charge in [0.1, 0.15) is 10.8 Å². The highest BCUT2D eigenvalue weighted by molar-refractivity contribution is 7.21. The molecule has 158 valence electrons. The van der Waals surface area contributed by atoms with Gasteiger partial charge in [-0.3, -0.25) is 4.79 Å². The van der Waals surface area contributed by atoms with Gasteiger partial charge in [0.05, 0.1) is 22.9 Å². The molecule has 0 aliphatic heterocycles. The van der Waals surface area contributed by atoms with Crippen molar-refractivity contribution >= 4 is 33.1 Å². The number of ether oxygens (including phenoxy) is 1. The monoisotopic (exact) mass is 442 g/mol. The molecule has 0 N–H and O–H groups in total. The summed E-state index contributed by atoms with van der Waals surface area (Å²) in [6, 6.07) is 17.2. The lowest BCUT2D eigenvalue weighted by molar-refractivity contribution is -0.137. The summed E-state index contributed by atoms with van der Waals surface area (Å²) in [5.74, 6) is 0.235. The van der Waals surface area contributed by atoms with Crippen LogP contribution in [-0.2, 0) is 6.18 Å². The molecule has 4 nitrogen and oxygen atoms in total. The Morgan fingerprint density at radius 2 is 1.77 bits per heavy atom. The first-order chi connectivity index (χ1) is 14.8. The molecule has 0 aliphatic rings. The third-order valence-corrected chi connectivity index (χ3v) is 5.91. The fourth-order valence-electron chi connectivity index (χ4n) is 3.12. The molecule has 0 saturated carbocycles. The van der Waals surface area contributed by atoms with Crippen LogP contribution in [-0.4, -0.2) is 25.0 Å². The number of rotatable bonds is 4. The van der Waals surface area contributed by atoms with Gasteiger partial charge in [0, 0.05) is 23.9 Å². The Bertz CT molecular complexity index is 1250. The summed E-state index contributed by atoms with van der Waals surface area (Å²) >= 11 is 1.52. The minimum atomic E-state index is -4.50. The predicted octanol–water partition coefficient (Wildman–Crippen LogP) is 6.27. The second-order valence-corrected chi connectivity index (χ2v) is 7.87. The van der Waals surface area contributed by atoms with Crippen LogP contribution in [0.3, 0.4) is 0 Å². The summed E-state index contributed by atoms with van der Waals surface area (Å²) < 4.78 is 45.1. The van der Waals surface area contributed by atoms with Crippen LogP contribution >= 0.6 is 11.3 Å². The summed E-state index contributed by atoms with van der Waals surface area (Å²) in [5.41, 5.74) is 1.43. The van der Waals surface area contributed by atoms with Crippen molar-refractivity contribution in [2.45, 2.75) is 6.18 Å². The van der Waals surface area contributed by atoms with E-state index in [2.05, 4.69) is 4.98 Å². The van der Waals surface area contributed by atoms with Gasteiger partial charge in [-0.2, -0.15) is 13.2 Å². The van der Waals surface area contributed by atoms with E-state index in [0.29, 0.717) is 5.69 Å². The molecular weight excluding hydrogens is 425 g/mol. The Labute approximate surface area is 180 Å². The van der Waals surface area contributed by atoms with E-state index in [9.17, 15) is 18.0 Å². The quantitative estimate of drug-likeness (QED) is 0.374. The molecule has 0 unspecified atom stereocenters. The molecule has 0 aliphatic carbocycles. The molecule has 0 atom stereocenters. The number of hydrogen-bond acceptors (Lipinski definition) is 4. The standard InChI is InChI=1S/C23H17F3N2O2S/c1-28(22(29)15-4-3-5-16(12-15)23(24,25)26)17-8-6-14(7-9-17)21-27-19-11-10-18(30-2)13-20(19)31-21/h3-13H,1-2H3. The van der Waals surface area contributed by atoms with Crippen LogP contribution < -0.4 is 9.64 Å². The van der Waals surface area contributed by atoms with Crippen LogP contribution in [0.4, 0.5) is 18.9 Å². The number of halogens is 3. The Morgan fingerprint density at radius 3 is 2.45 bits per heavy atom. The number of amides is 1. The van der Waals surface area contributed by atoms with Crippen LogP contribution in [0.2, 0.25) is 0 Å². The topological polar surface area (TPSA) is 42.4 Å². The highest BCUT2D eigenvalue weighted by Gasteiger charge is 2.31.